The topological polar surface area (TPSA) is 144 Å². The number of carbonyl (C=O) groups is 4. The van der Waals surface area contributed by atoms with Crippen molar-refractivity contribution in [3.05, 3.63) is 53.1 Å². The lowest BCUT2D eigenvalue weighted by molar-refractivity contribution is -0.160. The van der Waals surface area contributed by atoms with Gasteiger partial charge in [0.15, 0.2) is 11.5 Å². The number of hydrogen-bond donors (Lipinski definition) is 3. The number of carboxylic acid groups (broad SMARTS) is 1. The van der Waals surface area contributed by atoms with E-state index in [-0.39, 0.29) is 36.1 Å². The zero-order chi connectivity index (χ0) is 28.0. The Morgan fingerprint density at radius 3 is 2.50 bits per heavy atom. The lowest BCUT2D eigenvalue weighted by atomic mass is 9.93. The number of carbonyl (C=O) groups excluding carboxylic acids is 3. The molecule has 11 heteroatoms. The fraction of sp³-hybridized carbons (Fsp3) is 0.407. The number of ether oxygens (including phenoxy) is 2. The van der Waals surface area contributed by atoms with E-state index in [1.54, 1.807) is 30.3 Å². The van der Waals surface area contributed by atoms with Crippen LogP contribution >= 0.6 is 0 Å². The third-order valence-corrected chi connectivity index (χ3v) is 5.79. The molecule has 3 N–H and O–H groups in total. The first kappa shape index (κ1) is 28.3. The van der Waals surface area contributed by atoms with E-state index < -0.39 is 29.9 Å². The van der Waals surface area contributed by atoms with Gasteiger partial charge in [-0.25, -0.2) is 9.59 Å². The summed E-state index contributed by atoms with van der Waals surface area (Å²) in [5.41, 5.74) is 3.44. The molecule has 204 valence electrons. The Morgan fingerprint density at radius 1 is 1.13 bits per heavy atom. The van der Waals surface area contributed by atoms with Crippen molar-refractivity contribution in [2.45, 2.75) is 53.1 Å². The van der Waals surface area contributed by atoms with Crippen LogP contribution in [-0.2, 0) is 21.0 Å². The number of fused-ring (bicyclic) bond motifs is 1. The number of amides is 3. The molecular weight excluding hydrogens is 494 g/mol. The maximum Gasteiger partial charge on any atom is 0.409 e. The molecule has 3 rings (SSSR count). The van der Waals surface area contributed by atoms with Crippen LogP contribution in [-0.4, -0.2) is 47.6 Å². The van der Waals surface area contributed by atoms with E-state index in [1.807, 2.05) is 27.7 Å². The van der Waals surface area contributed by atoms with Crippen LogP contribution in [0.2, 0.25) is 0 Å². The van der Waals surface area contributed by atoms with E-state index in [0.29, 0.717) is 29.2 Å². The van der Waals surface area contributed by atoms with E-state index in [0.717, 1.165) is 0 Å². The minimum atomic E-state index is -1.30. The second-order valence-electron chi connectivity index (χ2n) is 10.0. The van der Waals surface area contributed by atoms with Gasteiger partial charge in [-0.2, -0.15) is 5.48 Å². The lowest BCUT2D eigenvalue weighted by Gasteiger charge is -2.28. The number of rotatable bonds is 9. The van der Waals surface area contributed by atoms with Gasteiger partial charge in [-0.05, 0) is 41.7 Å². The van der Waals surface area contributed by atoms with Gasteiger partial charge in [0.2, 0.25) is 0 Å². The van der Waals surface area contributed by atoms with Crippen LogP contribution in [0.25, 0.3) is 0 Å². The fourth-order valence-electron chi connectivity index (χ4n) is 4.23. The van der Waals surface area contributed by atoms with Crippen molar-refractivity contribution in [2.24, 2.45) is 5.41 Å². The second-order valence-corrected chi connectivity index (χ2v) is 10.0. The predicted molar refractivity (Wildman–Crippen MR) is 138 cm³/mol. The maximum absolute atomic E-state index is 13.6. The summed E-state index contributed by atoms with van der Waals surface area (Å²) in [5, 5.41) is 11.5. The van der Waals surface area contributed by atoms with Gasteiger partial charge in [0.05, 0.1) is 43.9 Å². The fourth-order valence-corrected chi connectivity index (χ4v) is 4.23. The summed E-state index contributed by atoms with van der Waals surface area (Å²) in [4.78, 5) is 56.3. The Morgan fingerprint density at radius 2 is 1.87 bits per heavy atom. The van der Waals surface area contributed by atoms with Crippen molar-refractivity contribution in [3.8, 4) is 11.5 Å². The van der Waals surface area contributed by atoms with Gasteiger partial charge in [-0.3, -0.25) is 14.9 Å². The summed E-state index contributed by atoms with van der Waals surface area (Å²) < 4.78 is 11.1. The Labute approximate surface area is 221 Å². The number of nitrogens with zero attached hydrogens (tertiary/aromatic N) is 1. The number of methoxy groups -OCH3 is 1. The predicted octanol–water partition coefficient (Wildman–Crippen LogP) is 4.28. The molecule has 1 aliphatic rings. The molecule has 1 atom stereocenters. The molecule has 2 aromatic carbocycles. The first-order valence-electron chi connectivity index (χ1n) is 12.2. The molecule has 0 aromatic heterocycles. The minimum Gasteiger partial charge on any atom is -0.493 e. The van der Waals surface area contributed by atoms with Crippen molar-refractivity contribution in [1.82, 2.24) is 10.4 Å². The van der Waals surface area contributed by atoms with E-state index in [1.165, 1.54) is 18.1 Å². The summed E-state index contributed by atoms with van der Waals surface area (Å²) in [7, 11) is 1.51. The molecule has 0 unspecified atom stereocenters. The molecule has 2 aromatic rings. The monoisotopic (exact) mass is 527 g/mol. The van der Waals surface area contributed by atoms with Crippen LogP contribution in [0, 0.1) is 5.41 Å². The first-order chi connectivity index (χ1) is 17.9. The molecule has 11 nitrogen and oxygen atoms in total. The largest absolute Gasteiger partial charge is 0.493 e. The number of hydroxylamine groups is 1. The molecule has 0 fully saturated rings. The maximum atomic E-state index is 13.6. The van der Waals surface area contributed by atoms with Crippen molar-refractivity contribution < 1.29 is 38.6 Å². The number of nitrogens with one attached hydrogen (secondary N) is 2. The zero-order valence-electron chi connectivity index (χ0n) is 22.1. The molecule has 0 radical (unpaired) electrons. The molecule has 3 amide bonds. The standard InChI is InChI=1S/C27H33N3O8/c1-6-37-21-12-16(10-11-20(21)36-5)19(13-22(31)29-38-23(32)14-27(2,3)4)30-15-17-8-7-9-18(28-26(34)35)24(17)25(30)33/h7-12,19,28H,6,13-15H2,1-5H3,(H,29,31)(H,34,35)/t19-/m1/s1. The van der Waals surface area contributed by atoms with E-state index >= 15 is 0 Å². The molecule has 38 heavy (non-hydrogen) atoms. The molecule has 0 aliphatic carbocycles. The smallest absolute Gasteiger partial charge is 0.409 e. The molecular formula is C27H33N3O8. The molecule has 1 heterocycles. The van der Waals surface area contributed by atoms with Gasteiger partial charge < -0.3 is 24.3 Å². The van der Waals surface area contributed by atoms with Crippen molar-refractivity contribution >= 4 is 29.6 Å². The van der Waals surface area contributed by atoms with Crippen LogP contribution in [0.5, 0.6) is 11.5 Å². The highest BCUT2D eigenvalue weighted by Gasteiger charge is 2.37. The van der Waals surface area contributed by atoms with Gasteiger partial charge in [0.25, 0.3) is 11.8 Å². The van der Waals surface area contributed by atoms with Gasteiger partial charge in [0, 0.05) is 6.54 Å². The van der Waals surface area contributed by atoms with Gasteiger partial charge in [-0.1, -0.05) is 39.0 Å². The number of anilines is 1. The second kappa shape index (κ2) is 11.8. The molecule has 0 saturated heterocycles. The summed E-state index contributed by atoms with van der Waals surface area (Å²) in [6.07, 6.45) is -1.43. The average Bonchev–Trinajstić information content (AvgIpc) is 3.17. The molecule has 0 saturated carbocycles. The van der Waals surface area contributed by atoms with Crippen LogP contribution in [0.1, 0.15) is 68.1 Å². The van der Waals surface area contributed by atoms with Crippen LogP contribution in [0.4, 0.5) is 10.5 Å². The normalized spacial score (nSPS) is 13.4. The third-order valence-electron chi connectivity index (χ3n) is 5.79. The Kier molecular flexibility index (Phi) is 8.82. The van der Waals surface area contributed by atoms with Gasteiger partial charge in [-0.15, -0.1) is 0 Å². The third kappa shape index (κ3) is 6.93. The molecule has 1 aliphatic heterocycles. The molecule has 0 spiro atoms. The SMILES string of the molecule is CCOc1cc([C@@H](CC(=O)NOC(=O)CC(C)(C)C)N2Cc3cccc(NC(=O)O)c3C2=O)ccc1OC. The quantitative estimate of drug-likeness (QED) is 0.410. The first-order valence-corrected chi connectivity index (χ1v) is 12.2. The van der Waals surface area contributed by atoms with Crippen LogP contribution in [0.15, 0.2) is 36.4 Å². The summed E-state index contributed by atoms with van der Waals surface area (Å²) in [6, 6.07) is 9.18. The minimum absolute atomic E-state index is 0.103. The summed E-state index contributed by atoms with van der Waals surface area (Å²) in [6.45, 7) is 7.94. The highest BCUT2D eigenvalue weighted by Crippen LogP contribution is 2.39. The number of benzene rings is 2. The van der Waals surface area contributed by atoms with E-state index in [2.05, 4.69) is 10.8 Å². The summed E-state index contributed by atoms with van der Waals surface area (Å²) in [5.74, 6) is -0.718. The molecule has 0 bridgehead atoms. The van der Waals surface area contributed by atoms with E-state index in [9.17, 15) is 24.3 Å². The Bertz CT molecular complexity index is 1220. The Hall–Kier alpha value is -4.28. The van der Waals surface area contributed by atoms with Gasteiger partial charge >= 0.3 is 12.1 Å². The van der Waals surface area contributed by atoms with Crippen molar-refractivity contribution in [2.75, 3.05) is 19.0 Å². The Balaban J connectivity index is 1.92. The van der Waals surface area contributed by atoms with Crippen LogP contribution < -0.4 is 20.3 Å². The van der Waals surface area contributed by atoms with E-state index in [4.69, 9.17) is 14.3 Å². The summed E-state index contributed by atoms with van der Waals surface area (Å²) >= 11 is 0. The zero-order valence-corrected chi connectivity index (χ0v) is 22.1. The highest BCUT2D eigenvalue weighted by molar-refractivity contribution is 6.06. The lowest BCUT2D eigenvalue weighted by Crippen LogP contribution is -2.35. The highest BCUT2D eigenvalue weighted by atomic mass is 16.7. The van der Waals surface area contributed by atoms with Crippen LogP contribution in [0.3, 0.4) is 0 Å². The number of hydrogen-bond acceptors (Lipinski definition) is 7. The van der Waals surface area contributed by atoms with Gasteiger partial charge in [0.1, 0.15) is 0 Å². The van der Waals surface area contributed by atoms with Crippen molar-refractivity contribution in [3.63, 3.8) is 0 Å². The average molecular weight is 528 g/mol. The van der Waals surface area contributed by atoms with Crippen molar-refractivity contribution in [1.29, 1.82) is 0 Å².